The molecule has 2 aromatic heterocycles. The van der Waals surface area contributed by atoms with Gasteiger partial charge in [0.25, 0.3) is 0 Å². The van der Waals surface area contributed by atoms with Gasteiger partial charge in [0, 0.05) is 65.9 Å². The fourth-order valence-electron chi connectivity index (χ4n) is 6.68. The maximum atomic E-state index is 12.2. The molecule has 0 saturated carbocycles. The third-order valence-electron chi connectivity index (χ3n) is 9.62. The average Bonchev–Trinajstić information content (AvgIpc) is 3.62. The number of nitrogens with zero attached hydrogens (tertiary/aromatic N) is 3. The van der Waals surface area contributed by atoms with Gasteiger partial charge >= 0.3 is 5.97 Å². The van der Waals surface area contributed by atoms with Crippen LogP contribution < -0.4 is 14.4 Å². The molecule has 0 radical (unpaired) electrons. The van der Waals surface area contributed by atoms with Crippen molar-refractivity contribution in [3.63, 3.8) is 0 Å². The highest BCUT2D eigenvalue weighted by atomic mass is 32.1. The molecule has 4 aromatic rings. The Labute approximate surface area is 297 Å². The van der Waals surface area contributed by atoms with Crippen molar-refractivity contribution >= 4 is 44.0 Å². The third-order valence-corrected chi connectivity index (χ3v) is 10.5. The lowest BCUT2D eigenvalue weighted by Gasteiger charge is -2.36. The van der Waals surface area contributed by atoms with Crippen molar-refractivity contribution in [2.45, 2.75) is 103 Å². The fraction of sp³-hybridized carbons (Fsp3) is 0.561. The molecule has 1 aliphatic heterocycles. The van der Waals surface area contributed by atoms with Gasteiger partial charge in [0.15, 0.2) is 0 Å². The number of esters is 1. The Morgan fingerprint density at radius 3 is 2.29 bits per heavy atom. The van der Waals surface area contributed by atoms with E-state index < -0.39 is 0 Å². The molecule has 0 unspecified atom stereocenters. The van der Waals surface area contributed by atoms with Crippen molar-refractivity contribution in [1.82, 2.24) is 9.88 Å². The highest BCUT2D eigenvalue weighted by Gasteiger charge is 2.18. The number of aromatic nitrogens is 1. The average molecular weight is 688 g/mol. The highest BCUT2D eigenvalue weighted by Crippen LogP contribution is 2.31. The first kappa shape index (κ1) is 36.9. The van der Waals surface area contributed by atoms with E-state index in [9.17, 15) is 4.79 Å². The van der Waals surface area contributed by atoms with Crippen LogP contribution in [0.5, 0.6) is 11.6 Å². The van der Waals surface area contributed by atoms with Crippen LogP contribution >= 0.6 is 11.3 Å². The number of anilines is 1. The molecule has 1 saturated heterocycles. The molecule has 0 atom stereocenters. The number of pyridine rings is 1. The zero-order valence-corrected chi connectivity index (χ0v) is 30.5. The van der Waals surface area contributed by atoms with Crippen LogP contribution in [0.2, 0.25) is 0 Å². The number of piperazine rings is 1. The van der Waals surface area contributed by atoms with Gasteiger partial charge in [0.05, 0.1) is 12.1 Å². The topological polar surface area (TPSA) is 64.1 Å². The third kappa shape index (κ3) is 12.5. The number of carbonyl (C=O) groups excluding carboxylic acids is 1. The summed E-state index contributed by atoms with van der Waals surface area (Å²) in [6.45, 7) is 8.27. The van der Waals surface area contributed by atoms with Gasteiger partial charge in [-0.15, -0.1) is 11.3 Å². The van der Waals surface area contributed by atoms with Crippen LogP contribution in [0.15, 0.2) is 60.0 Å². The number of benzene rings is 2. The van der Waals surface area contributed by atoms with E-state index in [0.717, 1.165) is 75.1 Å². The summed E-state index contributed by atoms with van der Waals surface area (Å²) in [5, 5.41) is 4.58. The van der Waals surface area contributed by atoms with Crippen LogP contribution in [-0.4, -0.2) is 62.0 Å². The van der Waals surface area contributed by atoms with Crippen LogP contribution in [0.4, 0.5) is 5.69 Å². The quantitative estimate of drug-likeness (QED) is 0.0437. The standard InChI is InChI=1S/C41H57N3O4S/c1-2-3-4-5-6-7-8-9-10-11-12-13-19-41(45)48-33-47-40-23-21-34-20-22-35(32-37(34)42-40)46-30-15-14-25-43-26-28-44(29-27-43)38-17-16-18-39-36(38)24-31-49-39/h16-18,20-24,31-32H,2-15,19,25-30,33H2,1H3. The van der Waals surface area contributed by atoms with E-state index in [1.165, 1.54) is 80.0 Å². The number of hydrogen-bond acceptors (Lipinski definition) is 8. The lowest BCUT2D eigenvalue weighted by atomic mass is 10.0. The van der Waals surface area contributed by atoms with Crippen molar-refractivity contribution in [1.29, 1.82) is 0 Å². The van der Waals surface area contributed by atoms with Gasteiger partial charge in [-0.2, -0.15) is 0 Å². The van der Waals surface area contributed by atoms with Crippen LogP contribution in [-0.2, 0) is 9.53 Å². The van der Waals surface area contributed by atoms with Gasteiger partial charge in [0.1, 0.15) is 5.75 Å². The highest BCUT2D eigenvalue weighted by molar-refractivity contribution is 7.17. The molecule has 266 valence electrons. The first-order valence-corrected chi connectivity index (χ1v) is 19.8. The lowest BCUT2D eigenvalue weighted by Crippen LogP contribution is -2.46. The molecule has 1 aliphatic rings. The zero-order valence-electron chi connectivity index (χ0n) is 29.7. The number of carbonyl (C=O) groups is 1. The molecule has 0 aliphatic carbocycles. The second-order valence-corrected chi connectivity index (χ2v) is 14.4. The molecule has 0 spiro atoms. The van der Waals surface area contributed by atoms with Gasteiger partial charge in [-0.1, -0.05) is 83.6 Å². The minimum Gasteiger partial charge on any atom is -0.494 e. The Morgan fingerprint density at radius 2 is 1.51 bits per heavy atom. The Kier molecular flexibility index (Phi) is 15.8. The first-order valence-electron chi connectivity index (χ1n) is 18.9. The first-order chi connectivity index (χ1) is 24.2. The molecular formula is C41H57N3O4S. The molecule has 2 aromatic carbocycles. The van der Waals surface area contributed by atoms with Gasteiger partial charge in [-0.05, 0) is 67.6 Å². The summed E-state index contributed by atoms with van der Waals surface area (Å²) in [6.07, 6.45) is 17.8. The summed E-state index contributed by atoms with van der Waals surface area (Å²) in [5.74, 6) is 1.04. The summed E-state index contributed by atoms with van der Waals surface area (Å²) in [6, 6.07) is 18.7. The van der Waals surface area contributed by atoms with E-state index in [4.69, 9.17) is 14.2 Å². The van der Waals surface area contributed by atoms with E-state index >= 15 is 0 Å². The zero-order chi connectivity index (χ0) is 33.9. The summed E-state index contributed by atoms with van der Waals surface area (Å²) in [7, 11) is 0. The minimum atomic E-state index is -0.210. The number of ether oxygens (including phenoxy) is 3. The monoisotopic (exact) mass is 687 g/mol. The molecule has 7 nitrogen and oxygen atoms in total. The summed E-state index contributed by atoms with van der Waals surface area (Å²) in [5.41, 5.74) is 2.17. The Bertz CT molecular complexity index is 1530. The lowest BCUT2D eigenvalue weighted by molar-refractivity contribution is -0.150. The molecule has 8 heteroatoms. The molecule has 5 rings (SSSR count). The second-order valence-electron chi connectivity index (χ2n) is 13.4. The normalized spacial score (nSPS) is 13.7. The maximum absolute atomic E-state index is 12.2. The van der Waals surface area contributed by atoms with E-state index in [-0.39, 0.29) is 12.8 Å². The van der Waals surface area contributed by atoms with Crippen LogP contribution in [0.3, 0.4) is 0 Å². The van der Waals surface area contributed by atoms with E-state index in [2.05, 4.69) is 51.4 Å². The summed E-state index contributed by atoms with van der Waals surface area (Å²) >= 11 is 1.82. The van der Waals surface area contributed by atoms with E-state index in [0.29, 0.717) is 18.9 Å². The van der Waals surface area contributed by atoms with Gasteiger partial charge in [-0.25, -0.2) is 4.98 Å². The molecule has 49 heavy (non-hydrogen) atoms. The molecule has 3 heterocycles. The minimum absolute atomic E-state index is 0.119. The van der Waals surface area contributed by atoms with Crippen molar-refractivity contribution in [2.24, 2.45) is 0 Å². The predicted octanol–water partition coefficient (Wildman–Crippen LogP) is 10.4. The van der Waals surface area contributed by atoms with E-state index in [1.54, 1.807) is 0 Å². The second kappa shape index (κ2) is 21.0. The van der Waals surface area contributed by atoms with Crippen LogP contribution in [0.1, 0.15) is 103 Å². The SMILES string of the molecule is CCCCCCCCCCCCCCC(=O)OCOc1ccc2ccc(OCCCCN3CCN(c4cccc5sccc45)CC3)cc2n1. The summed E-state index contributed by atoms with van der Waals surface area (Å²) in [4.78, 5) is 21.9. The van der Waals surface area contributed by atoms with Crippen molar-refractivity contribution < 1.29 is 19.0 Å². The molecule has 0 bridgehead atoms. The van der Waals surface area contributed by atoms with Crippen molar-refractivity contribution in [3.05, 3.63) is 60.0 Å². The Balaban J connectivity index is 0.902. The number of hydrogen-bond donors (Lipinski definition) is 0. The molecule has 0 amide bonds. The maximum Gasteiger partial charge on any atom is 0.308 e. The van der Waals surface area contributed by atoms with Gasteiger partial charge in [-0.3, -0.25) is 9.69 Å². The van der Waals surface area contributed by atoms with Crippen LogP contribution in [0.25, 0.3) is 21.0 Å². The van der Waals surface area contributed by atoms with Crippen molar-refractivity contribution in [3.8, 4) is 11.6 Å². The number of thiophene rings is 1. The smallest absolute Gasteiger partial charge is 0.308 e. The summed E-state index contributed by atoms with van der Waals surface area (Å²) < 4.78 is 18.4. The molecular weight excluding hydrogens is 631 g/mol. The Hall–Kier alpha value is -3.36. The number of unbranched alkanes of at least 4 members (excludes halogenated alkanes) is 12. The van der Waals surface area contributed by atoms with Crippen molar-refractivity contribution in [2.75, 3.05) is 51.0 Å². The van der Waals surface area contributed by atoms with Gasteiger partial charge in [0.2, 0.25) is 12.7 Å². The Morgan fingerprint density at radius 1 is 0.776 bits per heavy atom. The number of fused-ring (bicyclic) bond motifs is 2. The predicted molar refractivity (Wildman–Crippen MR) is 204 cm³/mol. The van der Waals surface area contributed by atoms with Crippen LogP contribution in [0, 0.1) is 0 Å². The number of rotatable bonds is 23. The largest absolute Gasteiger partial charge is 0.494 e. The fourth-order valence-corrected chi connectivity index (χ4v) is 7.49. The van der Waals surface area contributed by atoms with Gasteiger partial charge < -0.3 is 19.1 Å². The molecule has 0 N–H and O–H groups in total. The molecule has 1 fully saturated rings. The van der Waals surface area contributed by atoms with E-state index in [1.807, 2.05) is 41.7 Å².